The third-order valence-corrected chi connectivity index (χ3v) is 3.61. The van der Waals surface area contributed by atoms with Gasteiger partial charge in [0.05, 0.1) is 7.11 Å². The number of nitrogens with zero attached hydrogens (tertiary/aromatic N) is 1. The van der Waals surface area contributed by atoms with Gasteiger partial charge in [-0.25, -0.2) is 4.79 Å². The monoisotopic (exact) mass is 261 g/mol. The Kier molecular flexibility index (Phi) is 3.15. The summed E-state index contributed by atoms with van der Waals surface area (Å²) in [6.07, 6.45) is 3.19. The van der Waals surface area contributed by atoms with Crippen LogP contribution in [0.15, 0.2) is 17.1 Å². The molecule has 1 aliphatic rings. The number of phenolic OH excluding ortho intramolecular Hbond substituents is 1. The molecule has 0 unspecified atom stereocenters. The van der Waals surface area contributed by atoms with Crippen molar-refractivity contribution < 1.29 is 14.6 Å². The lowest BCUT2D eigenvalue weighted by molar-refractivity contribution is 0.395. The largest absolute Gasteiger partial charge is 0.508 e. The molecule has 1 aliphatic carbocycles. The molecule has 4 heteroatoms. The fourth-order valence-electron chi connectivity index (χ4n) is 2.35. The molecule has 0 atom stereocenters. The van der Waals surface area contributed by atoms with E-state index in [-0.39, 0.29) is 11.2 Å². The minimum Gasteiger partial charge on any atom is -0.508 e. The number of rotatable bonds is 3. The van der Waals surface area contributed by atoms with Gasteiger partial charge in [0.25, 0.3) is 0 Å². The standard InChI is InChI=1S/C15H19NO3/c1-14(2,3)10-8-13(19-4)11(7-12(10)18)15(5-6-15)16-9-17/h7-8,18H,5-6H2,1-4H3. The highest BCUT2D eigenvalue weighted by Crippen LogP contribution is 2.54. The van der Waals surface area contributed by atoms with Crippen molar-refractivity contribution in [3.05, 3.63) is 23.3 Å². The van der Waals surface area contributed by atoms with Crippen molar-refractivity contribution in [2.75, 3.05) is 7.11 Å². The van der Waals surface area contributed by atoms with Crippen LogP contribution in [-0.2, 0) is 15.7 Å². The summed E-state index contributed by atoms with van der Waals surface area (Å²) in [5.41, 5.74) is 0.865. The van der Waals surface area contributed by atoms with Gasteiger partial charge in [-0.3, -0.25) is 0 Å². The summed E-state index contributed by atoms with van der Waals surface area (Å²) >= 11 is 0. The first-order chi connectivity index (χ1) is 8.84. The van der Waals surface area contributed by atoms with Crippen molar-refractivity contribution in [1.29, 1.82) is 0 Å². The molecule has 0 amide bonds. The molecule has 1 saturated carbocycles. The van der Waals surface area contributed by atoms with E-state index < -0.39 is 5.54 Å². The SMILES string of the molecule is COc1cc(C(C)(C)C)c(O)cc1C1(N=C=O)CC1. The molecule has 0 heterocycles. The average molecular weight is 261 g/mol. The maximum atomic E-state index is 10.5. The zero-order valence-corrected chi connectivity index (χ0v) is 11.8. The van der Waals surface area contributed by atoms with Crippen LogP contribution in [0.25, 0.3) is 0 Å². The van der Waals surface area contributed by atoms with Crippen molar-refractivity contribution in [3.8, 4) is 11.5 Å². The topological polar surface area (TPSA) is 58.9 Å². The lowest BCUT2D eigenvalue weighted by atomic mass is 9.84. The van der Waals surface area contributed by atoms with E-state index in [0.29, 0.717) is 5.75 Å². The van der Waals surface area contributed by atoms with Crippen LogP contribution < -0.4 is 4.74 Å². The summed E-state index contributed by atoms with van der Waals surface area (Å²) in [7, 11) is 1.59. The van der Waals surface area contributed by atoms with Crippen LogP contribution >= 0.6 is 0 Å². The fraction of sp³-hybridized carbons (Fsp3) is 0.533. The number of methoxy groups -OCH3 is 1. The molecular weight excluding hydrogens is 242 g/mol. The predicted octanol–water partition coefficient (Wildman–Crippen LogP) is 3.02. The summed E-state index contributed by atoms with van der Waals surface area (Å²) in [5.74, 6) is 0.884. The van der Waals surface area contributed by atoms with E-state index in [2.05, 4.69) is 4.99 Å². The van der Waals surface area contributed by atoms with Crippen LogP contribution in [0.4, 0.5) is 0 Å². The Morgan fingerprint density at radius 3 is 2.42 bits per heavy atom. The smallest absolute Gasteiger partial charge is 0.235 e. The number of hydrogen-bond donors (Lipinski definition) is 1. The van der Waals surface area contributed by atoms with Gasteiger partial charge in [-0.2, -0.15) is 4.99 Å². The Hall–Kier alpha value is -1.80. The minimum absolute atomic E-state index is 0.180. The van der Waals surface area contributed by atoms with Gasteiger partial charge < -0.3 is 9.84 Å². The second kappa shape index (κ2) is 4.39. The van der Waals surface area contributed by atoms with Crippen LogP contribution in [0.2, 0.25) is 0 Å². The highest BCUT2D eigenvalue weighted by molar-refractivity contribution is 5.54. The Morgan fingerprint density at radius 2 is 2.00 bits per heavy atom. The van der Waals surface area contributed by atoms with Gasteiger partial charge in [-0.15, -0.1) is 0 Å². The molecule has 4 nitrogen and oxygen atoms in total. The molecule has 1 aromatic carbocycles. The normalized spacial score (nSPS) is 16.6. The van der Waals surface area contributed by atoms with E-state index in [1.807, 2.05) is 26.8 Å². The van der Waals surface area contributed by atoms with Crippen molar-refractivity contribution in [1.82, 2.24) is 0 Å². The van der Waals surface area contributed by atoms with Gasteiger partial charge in [0.1, 0.15) is 17.0 Å². The second-order valence-corrected chi connectivity index (χ2v) is 6.05. The van der Waals surface area contributed by atoms with Gasteiger partial charge in [-0.1, -0.05) is 20.8 Å². The Labute approximate surface area is 113 Å². The summed E-state index contributed by atoms with van der Waals surface area (Å²) in [5, 5.41) is 10.2. The molecular formula is C15H19NO3. The van der Waals surface area contributed by atoms with Crippen LogP contribution in [0.3, 0.4) is 0 Å². The Morgan fingerprint density at radius 1 is 1.37 bits per heavy atom. The second-order valence-electron chi connectivity index (χ2n) is 6.05. The van der Waals surface area contributed by atoms with E-state index in [4.69, 9.17) is 4.74 Å². The first-order valence-electron chi connectivity index (χ1n) is 6.35. The molecule has 2 rings (SSSR count). The van der Waals surface area contributed by atoms with Crippen molar-refractivity contribution in [3.63, 3.8) is 0 Å². The van der Waals surface area contributed by atoms with E-state index in [1.54, 1.807) is 19.3 Å². The summed E-state index contributed by atoms with van der Waals surface area (Å²) in [6, 6.07) is 3.51. The maximum Gasteiger partial charge on any atom is 0.235 e. The van der Waals surface area contributed by atoms with Gasteiger partial charge in [-0.05, 0) is 30.4 Å². The first-order valence-corrected chi connectivity index (χ1v) is 6.35. The van der Waals surface area contributed by atoms with Crippen LogP contribution in [0, 0.1) is 0 Å². The number of ether oxygens (including phenoxy) is 1. The number of aromatic hydroxyl groups is 1. The minimum atomic E-state index is -0.541. The molecule has 0 bridgehead atoms. The average Bonchev–Trinajstić information content (AvgIpc) is 3.08. The molecule has 1 fully saturated rings. The molecule has 1 N–H and O–H groups in total. The summed E-state index contributed by atoms with van der Waals surface area (Å²) < 4.78 is 5.41. The van der Waals surface area contributed by atoms with Gasteiger partial charge in [0, 0.05) is 11.1 Å². The molecule has 0 radical (unpaired) electrons. The number of carbonyl (C=O) groups excluding carboxylic acids is 1. The summed E-state index contributed by atoms with van der Waals surface area (Å²) in [6.45, 7) is 6.08. The molecule has 0 aliphatic heterocycles. The molecule has 0 saturated heterocycles. The lowest BCUT2D eigenvalue weighted by Gasteiger charge is -2.23. The zero-order chi connectivity index (χ0) is 14.3. The third-order valence-electron chi connectivity index (χ3n) is 3.61. The molecule has 1 aromatic rings. The van der Waals surface area contributed by atoms with Crippen LogP contribution in [-0.4, -0.2) is 18.3 Å². The maximum absolute atomic E-state index is 10.5. The first kappa shape index (κ1) is 13.6. The van der Waals surface area contributed by atoms with Gasteiger partial charge >= 0.3 is 0 Å². The highest BCUT2D eigenvalue weighted by Gasteiger charge is 2.47. The molecule has 0 spiro atoms. The van der Waals surface area contributed by atoms with Gasteiger partial charge in [0.2, 0.25) is 6.08 Å². The molecule has 102 valence electrons. The number of hydrogen-bond acceptors (Lipinski definition) is 4. The number of aliphatic imine (C=N–C) groups is 1. The van der Waals surface area contributed by atoms with Gasteiger partial charge in [0.15, 0.2) is 0 Å². The Balaban J connectivity index is 2.59. The van der Waals surface area contributed by atoms with Crippen LogP contribution in [0.5, 0.6) is 11.5 Å². The predicted molar refractivity (Wildman–Crippen MR) is 72.4 cm³/mol. The third kappa shape index (κ3) is 2.36. The van der Waals surface area contributed by atoms with Crippen molar-refractivity contribution >= 4 is 6.08 Å². The number of benzene rings is 1. The van der Waals surface area contributed by atoms with E-state index in [0.717, 1.165) is 24.0 Å². The number of phenols is 1. The van der Waals surface area contributed by atoms with E-state index in [9.17, 15) is 9.90 Å². The Bertz CT molecular complexity index is 547. The number of isocyanates is 1. The van der Waals surface area contributed by atoms with Crippen molar-refractivity contribution in [2.24, 2.45) is 4.99 Å². The summed E-state index contributed by atoms with van der Waals surface area (Å²) in [4.78, 5) is 14.4. The highest BCUT2D eigenvalue weighted by atomic mass is 16.5. The lowest BCUT2D eigenvalue weighted by Crippen LogP contribution is -2.13. The van der Waals surface area contributed by atoms with E-state index >= 15 is 0 Å². The molecule has 19 heavy (non-hydrogen) atoms. The van der Waals surface area contributed by atoms with E-state index in [1.165, 1.54) is 0 Å². The molecule has 0 aromatic heterocycles. The zero-order valence-electron chi connectivity index (χ0n) is 11.8. The van der Waals surface area contributed by atoms with Crippen molar-refractivity contribution in [2.45, 2.75) is 44.6 Å². The van der Waals surface area contributed by atoms with Crippen LogP contribution in [0.1, 0.15) is 44.7 Å². The fourth-order valence-corrected chi connectivity index (χ4v) is 2.35. The quantitative estimate of drug-likeness (QED) is 0.672.